The van der Waals surface area contributed by atoms with Crippen LogP contribution in [-0.4, -0.2) is 39.4 Å². The van der Waals surface area contributed by atoms with Gasteiger partial charge in [0.05, 0.1) is 18.0 Å². The Labute approximate surface area is 153 Å². The predicted molar refractivity (Wildman–Crippen MR) is 102 cm³/mol. The quantitative estimate of drug-likeness (QED) is 0.787. The number of likely N-dealkylation sites (tertiary alicyclic amines) is 1. The van der Waals surface area contributed by atoms with Gasteiger partial charge < -0.3 is 9.72 Å². The summed E-state index contributed by atoms with van der Waals surface area (Å²) >= 11 is 0. The monoisotopic (exact) mass is 350 g/mol. The normalized spacial score (nSPS) is 19.9. The van der Waals surface area contributed by atoms with Crippen molar-refractivity contribution >= 4 is 10.9 Å². The van der Waals surface area contributed by atoms with Crippen LogP contribution in [0.5, 0.6) is 0 Å². The Kier molecular flexibility index (Phi) is 3.87. The molecule has 0 radical (unpaired) electrons. The zero-order chi connectivity index (χ0) is 17.6. The number of rotatable bonds is 3. The second-order valence-electron chi connectivity index (χ2n) is 7.56. The maximum Gasteiger partial charge on any atom is 0.110 e. The Morgan fingerprint density at radius 2 is 2.04 bits per heavy atom. The first-order valence-corrected chi connectivity index (χ1v) is 9.76. The van der Waals surface area contributed by atoms with Crippen LogP contribution in [0.2, 0.25) is 0 Å². The molecule has 26 heavy (non-hydrogen) atoms. The average molecular weight is 350 g/mol. The van der Waals surface area contributed by atoms with Gasteiger partial charge in [0, 0.05) is 43.3 Å². The number of aromatic amines is 1. The molecule has 5 rings (SSSR count). The van der Waals surface area contributed by atoms with Crippen LogP contribution in [0, 0.1) is 0 Å². The van der Waals surface area contributed by atoms with Crippen molar-refractivity contribution in [3.63, 3.8) is 0 Å². The Bertz CT molecular complexity index is 917. The molecule has 1 aromatic carbocycles. The van der Waals surface area contributed by atoms with Crippen LogP contribution in [0.1, 0.15) is 36.7 Å². The summed E-state index contributed by atoms with van der Waals surface area (Å²) in [6, 6.07) is 10.8. The number of fused-ring (bicyclic) bond motifs is 4. The van der Waals surface area contributed by atoms with Crippen molar-refractivity contribution in [1.82, 2.24) is 19.7 Å². The lowest BCUT2D eigenvalue weighted by atomic mass is 9.83. The van der Waals surface area contributed by atoms with E-state index in [1.807, 2.05) is 4.68 Å². The van der Waals surface area contributed by atoms with Crippen molar-refractivity contribution in [3.05, 3.63) is 53.5 Å². The molecule has 1 N–H and O–H groups in total. The summed E-state index contributed by atoms with van der Waals surface area (Å²) in [6.07, 6.45) is 5.17. The third-order valence-corrected chi connectivity index (χ3v) is 6.07. The lowest BCUT2D eigenvalue weighted by Crippen LogP contribution is -2.46. The van der Waals surface area contributed by atoms with Crippen molar-refractivity contribution < 1.29 is 4.74 Å². The van der Waals surface area contributed by atoms with E-state index in [1.165, 1.54) is 27.9 Å². The van der Waals surface area contributed by atoms with Crippen molar-refractivity contribution in [3.8, 4) is 0 Å². The largest absolute Gasteiger partial charge is 0.368 e. The highest BCUT2D eigenvalue weighted by molar-refractivity contribution is 5.85. The van der Waals surface area contributed by atoms with Crippen LogP contribution >= 0.6 is 0 Å². The van der Waals surface area contributed by atoms with Crippen molar-refractivity contribution in [2.45, 2.75) is 44.9 Å². The molecule has 0 amide bonds. The molecular formula is C21H26N4O. The molecule has 1 spiro atoms. The average Bonchev–Trinajstić information content (AvgIpc) is 3.29. The topological polar surface area (TPSA) is 46.1 Å². The van der Waals surface area contributed by atoms with E-state index in [-0.39, 0.29) is 5.60 Å². The highest BCUT2D eigenvalue weighted by atomic mass is 16.5. The van der Waals surface area contributed by atoms with E-state index >= 15 is 0 Å². The van der Waals surface area contributed by atoms with E-state index in [1.54, 1.807) is 0 Å². The molecule has 0 bridgehead atoms. The molecule has 2 aromatic heterocycles. The third-order valence-electron chi connectivity index (χ3n) is 6.07. The summed E-state index contributed by atoms with van der Waals surface area (Å²) in [5.74, 6) is 0. The molecule has 0 saturated carbocycles. The fraction of sp³-hybridized carbons (Fsp3) is 0.476. The van der Waals surface area contributed by atoms with Crippen molar-refractivity contribution in [1.29, 1.82) is 0 Å². The molecule has 2 aliphatic rings. The number of aromatic nitrogens is 3. The maximum atomic E-state index is 6.40. The van der Waals surface area contributed by atoms with Crippen LogP contribution < -0.4 is 0 Å². The molecule has 0 unspecified atom stereocenters. The number of nitrogens with one attached hydrogen (secondary N) is 1. The Balaban J connectivity index is 1.36. The SMILES string of the molecule is CCn1ccc(CN2CCC3(CC2)OCCc2c3[nH]c3ccccc23)n1. The number of para-hydroxylation sites is 1. The minimum Gasteiger partial charge on any atom is -0.368 e. The van der Waals surface area contributed by atoms with Gasteiger partial charge in [-0.2, -0.15) is 5.10 Å². The number of piperidine rings is 1. The zero-order valence-corrected chi connectivity index (χ0v) is 15.4. The third kappa shape index (κ3) is 2.58. The van der Waals surface area contributed by atoms with Gasteiger partial charge >= 0.3 is 0 Å². The summed E-state index contributed by atoms with van der Waals surface area (Å²) < 4.78 is 8.41. The first-order chi connectivity index (χ1) is 12.8. The minimum absolute atomic E-state index is 0.133. The van der Waals surface area contributed by atoms with Crippen molar-refractivity contribution in [2.75, 3.05) is 19.7 Å². The second kappa shape index (κ2) is 6.25. The fourth-order valence-corrected chi connectivity index (χ4v) is 4.63. The zero-order valence-electron chi connectivity index (χ0n) is 15.4. The van der Waals surface area contributed by atoms with E-state index in [2.05, 4.69) is 58.4 Å². The summed E-state index contributed by atoms with van der Waals surface area (Å²) in [4.78, 5) is 6.20. The summed E-state index contributed by atoms with van der Waals surface area (Å²) in [5.41, 5.74) is 5.08. The van der Waals surface area contributed by atoms with Gasteiger partial charge in [-0.25, -0.2) is 0 Å². The highest BCUT2D eigenvalue weighted by Gasteiger charge is 2.42. The molecule has 4 heterocycles. The lowest BCUT2D eigenvalue weighted by molar-refractivity contribution is -0.101. The van der Waals surface area contributed by atoms with E-state index in [0.29, 0.717) is 0 Å². The fourth-order valence-electron chi connectivity index (χ4n) is 4.63. The van der Waals surface area contributed by atoms with Crippen LogP contribution in [-0.2, 0) is 29.8 Å². The van der Waals surface area contributed by atoms with Gasteiger partial charge in [-0.1, -0.05) is 18.2 Å². The van der Waals surface area contributed by atoms with Gasteiger partial charge in [-0.15, -0.1) is 0 Å². The standard InChI is InChI=1S/C21H26N4O/c1-2-25-11-7-16(23-25)15-24-12-9-21(10-13-24)20-18(8-14-26-21)17-5-3-4-6-19(17)22-20/h3-7,11,22H,2,8-10,12-15H2,1H3. The van der Waals surface area contributed by atoms with Gasteiger partial charge in [0.15, 0.2) is 0 Å². The van der Waals surface area contributed by atoms with E-state index < -0.39 is 0 Å². The Hall–Kier alpha value is -2.11. The van der Waals surface area contributed by atoms with Gasteiger partial charge in [0.25, 0.3) is 0 Å². The van der Waals surface area contributed by atoms with Crippen LogP contribution in [0.25, 0.3) is 10.9 Å². The molecule has 136 valence electrons. The Morgan fingerprint density at radius 1 is 1.19 bits per heavy atom. The number of benzene rings is 1. The second-order valence-corrected chi connectivity index (χ2v) is 7.56. The van der Waals surface area contributed by atoms with Gasteiger partial charge in [0.1, 0.15) is 5.60 Å². The molecule has 0 atom stereocenters. The first-order valence-electron chi connectivity index (χ1n) is 9.76. The Morgan fingerprint density at radius 3 is 2.85 bits per heavy atom. The summed E-state index contributed by atoms with van der Waals surface area (Å²) in [7, 11) is 0. The summed E-state index contributed by atoms with van der Waals surface area (Å²) in [6.45, 7) is 6.92. The van der Waals surface area contributed by atoms with Crippen LogP contribution in [0.15, 0.2) is 36.5 Å². The van der Waals surface area contributed by atoms with Crippen molar-refractivity contribution in [2.24, 2.45) is 0 Å². The molecular weight excluding hydrogens is 324 g/mol. The number of aryl methyl sites for hydroxylation is 1. The van der Waals surface area contributed by atoms with E-state index in [4.69, 9.17) is 4.74 Å². The molecule has 1 fully saturated rings. The number of H-pyrrole nitrogens is 1. The maximum absolute atomic E-state index is 6.40. The predicted octanol–water partition coefficient (Wildman–Crippen LogP) is 3.45. The molecule has 2 aliphatic heterocycles. The van der Waals surface area contributed by atoms with E-state index in [9.17, 15) is 0 Å². The molecule has 1 saturated heterocycles. The van der Waals surface area contributed by atoms with Gasteiger partial charge in [-0.05, 0) is 43.9 Å². The van der Waals surface area contributed by atoms with Crippen LogP contribution in [0.4, 0.5) is 0 Å². The smallest absolute Gasteiger partial charge is 0.110 e. The van der Waals surface area contributed by atoms with Crippen LogP contribution in [0.3, 0.4) is 0 Å². The first kappa shape index (κ1) is 16.1. The molecule has 5 nitrogen and oxygen atoms in total. The minimum atomic E-state index is -0.133. The number of hydrogen-bond donors (Lipinski definition) is 1. The number of hydrogen-bond acceptors (Lipinski definition) is 3. The van der Waals surface area contributed by atoms with Gasteiger partial charge in [-0.3, -0.25) is 9.58 Å². The molecule has 0 aliphatic carbocycles. The van der Waals surface area contributed by atoms with E-state index in [0.717, 1.165) is 52.0 Å². The lowest BCUT2D eigenvalue weighted by Gasteiger charge is -2.43. The van der Waals surface area contributed by atoms with Gasteiger partial charge in [0.2, 0.25) is 0 Å². The highest BCUT2D eigenvalue weighted by Crippen LogP contribution is 2.43. The summed E-state index contributed by atoms with van der Waals surface area (Å²) in [5, 5.41) is 6.00. The number of nitrogens with zero attached hydrogens (tertiary/aromatic N) is 3. The molecule has 3 aromatic rings. The number of ether oxygens (including phenoxy) is 1. The molecule has 5 heteroatoms.